The Labute approximate surface area is 182 Å². The molecule has 5 rings (SSSR count). The van der Waals surface area contributed by atoms with Crippen LogP contribution in [0.25, 0.3) is 10.9 Å². The lowest BCUT2D eigenvalue weighted by Gasteiger charge is -2.36. The molecule has 1 aromatic carbocycles. The molecule has 8 nitrogen and oxygen atoms in total. The zero-order valence-corrected chi connectivity index (χ0v) is 18.2. The molecule has 8 heteroatoms. The zero-order chi connectivity index (χ0) is 21.2. The Balaban J connectivity index is 1.27. The third-order valence-electron chi connectivity index (χ3n) is 6.06. The number of ether oxygens (including phenoxy) is 2. The summed E-state index contributed by atoms with van der Waals surface area (Å²) in [6, 6.07) is 6.35. The highest BCUT2D eigenvalue weighted by Gasteiger charge is 2.22. The van der Waals surface area contributed by atoms with Crippen molar-refractivity contribution in [2.75, 3.05) is 44.3 Å². The van der Waals surface area contributed by atoms with E-state index in [4.69, 9.17) is 13.9 Å². The number of oxazole rings is 1. The van der Waals surface area contributed by atoms with E-state index in [-0.39, 0.29) is 6.10 Å². The molecule has 2 aromatic heterocycles. The van der Waals surface area contributed by atoms with Crippen LogP contribution in [0, 0.1) is 0 Å². The van der Waals surface area contributed by atoms with Crippen molar-refractivity contribution in [3.05, 3.63) is 42.4 Å². The van der Waals surface area contributed by atoms with Crippen molar-refractivity contribution in [3.8, 4) is 5.88 Å². The normalized spacial score (nSPS) is 20.1. The van der Waals surface area contributed by atoms with E-state index in [1.165, 1.54) is 5.69 Å². The molecule has 2 saturated heterocycles. The third-order valence-corrected chi connectivity index (χ3v) is 6.06. The molecule has 2 aliphatic heterocycles. The average Bonchev–Trinajstić information content (AvgIpc) is 3.46. The molecule has 4 heterocycles. The molecule has 0 spiro atoms. The summed E-state index contributed by atoms with van der Waals surface area (Å²) in [5, 5.41) is 0.957. The molecular formula is C23H29N5O3. The van der Waals surface area contributed by atoms with Crippen LogP contribution in [-0.2, 0) is 11.3 Å². The minimum Gasteiger partial charge on any atom is -0.471 e. The Bertz CT molecular complexity index is 1020. The molecule has 0 N–H and O–H groups in total. The molecule has 3 aromatic rings. The number of fused-ring (bicyclic) bond motifs is 1. The van der Waals surface area contributed by atoms with Gasteiger partial charge in [-0.05, 0) is 18.2 Å². The highest BCUT2D eigenvalue weighted by Crippen LogP contribution is 2.29. The largest absolute Gasteiger partial charge is 0.471 e. The smallest absolute Gasteiger partial charge is 0.224 e. The van der Waals surface area contributed by atoms with Gasteiger partial charge < -0.3 is 18.8 Å². The van der Waals surface area contributed by atoms with E-state index >= 15 is 0 Å². The van der Waals surface area contributed by atoms with Crippen molar-refractivity contribution in [2.24, 2.45) is 0 Å². The molecular weight excluding hydrogens is 394 g/mol. The molecule has 2 aliphatic rings. The topological polar surface area (TPSA) is 76.8 Å². The zero-order valence-electron chi connectivity index (χ0n) is 18.2. The number of nitrogens with zero attached hydrogens (tertiary/aromatic N) is 5. The van der Waals surface area contributed by atoms with E-state index in [1.54, 1.807) is 12.7 Å². The number of rotatable bonds is 6. The SMILES string of the molecule is CC(C)c1ocnc1CN1CCN(c2ccc3ncnc(OC4CCOC4)c3c2)CC1. The number of hydrogen-bond donors (Lipinski definition) is 0. The van der Waals surface area contributed by atoms with Gasteiger partial charge in [0.15, 0.2) is 6.39 Å². The first-order valence-electron chi connectivity index (χ1n) is 11.1. The summed E-state index contributed by atoms with van der Waals surface area (Å²) in [6.07, 6.45) is 4.10. The Hall–Kier alpha value is -2.71. The van der Waals surface area contributed by atoms with Gasteiger partial charge in [-0.2, -0.15) is 0 Å². The van der Waals surface area contributed by atoms with Crippen LogP contribution in [0.15, 0.2) is 35.3 Å². The Kier molecular flexibility index (Phi) is 5.74. The predicted molar refractivity (Wildman–Crippen MR) is 117 cm³/mol. The maximum Gasteiger partial charge on any atom is 0.224 e. The molecule has 31 heavy (non-hydrogen) atoms. The van der Waals surface area contributed by atoms with Crippen molar-refractivity contribution in [1.82, 2.24) is 19.9 Å². The van der Waals surface area contributed by atoms with Crippen LogP contribution in [0.5, 0.6) is 5.88 Å². The second kappa shape index (κ2) is 8.80. The molecule has 2 fully saturated rings. The second-order valence-corrected chi connectivity index (χ2v) is 8.56. The Morgan fingerprint density at radius 3 is 2.77 bits per heavy atom. The fourth-order valence-corrected chi connectivity index (χ4v) is 4.32. The number of aromatic nitrogens is 3. The van der Waals surface area contributed by atoms with Gasteiger partial charge in [0.25, 0.3) is 0 Å². The van der Waals surface area contributed by atoms with Crippen molar-refractivity contribution in [1.29, 1.82) is 0 Å². The van der Waals surface area contributed by atoms with Crippen molar-refractivity contribution < 1.29 is 13.9 Å². The first-order valence-corrected chi connectivity index (χ1v) is 11.1. The molecule has 164 valence electrons. The van der Waals surface area contributed by atoms with Gasteiger partial charge >= 0.3 is 0 Å². The summed E-state index contributed by atoms with van der Waals surface area (Å²) >= 11 is 0. The van der Waals surface area contributed by atoms with Crippen LogP contribution >= 0.6 is 0 Å². The Morgan fingerprint density at radius 2 is 2.00 bits per heavy atom. The van der Waals surface area contributed by atoms with E-state index in [9.17, 15) is 0 Å². The number of benzene rings is 1. The summed E-state index contributed by atoms with van der Waals surface area (Å²) in [5.41, 5.74) is 3.14. The monoisotopic (exact) mass is 423 g/mol. The number of hydrogen-bond acceptors (Lipinski definition) is 8. The maximum atomic E-state index is 6.12. The summed E-state index contributed by atoms with van der Waals surface area (Å²) in [7, 11) is 0. The van der Waals surface area contributed by atoms with E-state index < -0.39 is 0 Å². The van der Waals surface area contributed by atoms with Gasteiger partial charge in [-0.3, -0.25) is 4.90 Å². The summed E-state index contributed by atoms with van der Waals surface area (Å²) in [4.78, 5) is 18.1. The standard InChI is InChI=1S/C23H29N5O3/c1-16(2)22-21(26-15-30-22)12-27-6-8-28(9-7-27)17-3-4-20-19(11-17)23(25-14-24-20)31-18-5-10-29-13-18/h3-4,11,14-16,18H,5-10,12-13H2,1-2H3. The maximum absolute atomic E-state index is 6.12. The molecule has 0 aliphatic carbocycles. The van der Waals surface area contributed by atoms with Gasteiger partial charge in [-0.15, -0.1) is 0 Å². The Morgan fingerprint density at radius 1 is 1.13 bits per heavy atom. The highest BCUT2D eigenvalue weighted by molar-refractivity contribution is 5.86. The van der Waals surface area contributed by atoms with E-state index in [0.29, 0.717) is 18.4 Å². The fourth-order valence-electron chi connectivity index (χ4n) is 4.32. The molecule has 1 unspecified atom stereocenters. The molecule has 0 radical (unpaired) electrons. The van der Waals surface area contributed by atoms with Crippen LogP contribution < -0.4 is 9.64 Å². The third kappa shape index (κ3) is 4.36. The lowest BCUT2D eigenvalue weighted by Crippen LogP contribution is -2.46. The van der Waals surface area contributed by atoms with Gasteiger partial charge in [0.05, 0.1) is 29.8 Å². The molecule has 1 atom stereocenters. The van der Waals surface area contributed by atoms with Gasteiger partial charge in [0.2, 0.25) is 5.88 Å². The first kappa shape index (κ1) is 20.2. The van der Waals surface area contributed by atoms with Crippen LogP contribution in [-0.4, -0.2) is 65.3 Å². The van der Waals surface area contributed by atoms with Crippen molar-refractivity contribution >= 4 is 16.6 Å². The highest BCUT2D eigenvalue weighted by atomic mass is 16.5. The van der Waals surface area contributed by atoms with Crippen LogP contribution in [0.2, 0.25) is 0 Å². The van der Waals surface area contributed by atoms with Crippen LogP contribution in [0.3, 0.4) is 0 Å². The van der Waals surface area contributed by atoms with E-state index in [1.807, 2.05) is 0 Å². The van der Waals surface area contributed by atoms with Gasteiger partial charge in [0, 0.05) is 50.7 Å². The second-order valence-electron chi connectivity index (χ2n) is 8.56. The van der Waals surface area contributed by atoms with Crippen molar-refractivity contribution in [2.45, 2.75) is 38.8 Å². The molecule has 0 saturated carbocycles. The first-order chi connectivity index (χ1) is 15.2. The minimum atomic E-state index is 0.0672. The fraction of sp³-hybridized carbons (Fsp3) is 0.522. The minimum absolute atomic E-state index is 0.0672. The quantitative estimate of drug-likeness (QED) is 0.598. The predicted octanol–water partition coefficient (Wildman–Crippen LogP) is 3.23. The average molecular weight is 424 g/mol. The molecule has 0 bridgehead atoms. The number of anilines is 1. The number of piperazine rings is 1. The summed E-state index contributed by atoms with van der Waals surface area (Å²) in [5.74, 6) is 2.00. The van der Waals surface area contributed by atoms with E-state index in [0.717, 1.165) is 68.1 Å². The van der Waals surface area contributed by atoms with Gasteiger partial charge in [0.1, 0.15) is 18.2 Å². The van der Waals surface area contributed by atoms with Gasteiger partial charge in [-0.1, -0.05) is 13.8 Å². The van der Waals surface area contributed by atoms with E-state index in [2.05, 4.69) is 56.8 Å². The summed E-state index contributed by atoms with van der Waals surface area (Å²) < 4.78 is 17.1. The molecule has 0 amide bonds. The lowest BCUT2D eigenvalue weighted by atomic mass is 10.1. The van der Waals surface area contributed by atoms with Crippen molar-refractivity contribution in [3.63, 3.8) is 0 Å². The van der Waals surface area contributed by atoms with Gasteiger partial charge in [-0.25, -0.2) is 15.0 Å². The van der Waals surface area contributed by atoms with Crippen LogP contribution in [0.1, 0.15) is 37.6 Å². The lowest BCUT2D eigenvalue weighted by molar-refractivity contribution is 0.139. The summed E-state index contributed by atoms with van der Waals surface area (Å²) in [6.45, 7) is 10.4. The van der Waals surface area contributed by atoms with Crippen LogP contribution in [0.4, 0.5) is 5.69 Å².